The van der Waals surface area contributed by atoms with Crippen molar-refractivity contribution >= 4 is 0 Å². The van der Waals surface area contributed by atoms with Crippen molar-refractivity contribution in [3.63, 3.8) is 0 Å². The second-order valence-corrected chi connectivity index (χ2v) is 6.08. The lowest BCUT2D eigenvalue weighted by atomic mass is 10.1. The molecule has 140 valence electrons. The van der Waals surface area contributed by atoms with Crippen LogP contribution < -0.4 is 15.2 Å². The van der Waals surface area contributed by atoms with Gasteiger partial charge in [0.25, 0.3) is 0 Å². The van der Waals surface area contributed by atoms with Crippen molar-refractivity contribution in [2.45, 2.75) is 19.6 Å². The van der Waals surface area contributed by atoms with Gasteiger partial charge in [0, 0.05) is 0 Å². The number of halogens is 2. The fraction of sp³-hybridized carbons (Fsp3) is 0.182. The molecule has 0 aliphatic rings. The topological polar surface area (TPSA) is 44.5 Å². The van der Waals surface area contributed by atoms with E-state index in [1.54, 1.807) is 0 Å². The summed E-state index contributed by atoms with van der Waals surface area (Å²) in [5.74, 6) is -1.76. The van der Waals surface area contributed by atoms with Crippen LogP contribution in [0.25, 0.3) is 0 Å². The monoisotopic (exact) mass is 369 g/mol. The molecule has 0 atom stereocenters. The predicted molar refractivity (Wildman–Crippen MR) is 101 cm³/mol. The fourth-order valence-corrected chi connectivity index (χ4v) is 2.70. The number of hydrogen-bond donors (Lipinski definition) is 1. The number of nitrogens with two attached hydrogens (primary N) is 1. The summed E-state index contributed by atoms with van der Waals surface area (Å²) in [4.78, 5) is 0. The number of hydrogen-bond acceptors (Lipinski definition) is 3. The number of benzene rings is 3. The van der Waals surface area contributed by atoms with Crippen molar-refractivity contribution in [2.75, 3.05) is 6.54 Å². The summed E-state index contributed by atoms with van der Waals surface area (Å²) in [6.07, 6.45) is 0.212. The Morgan fingerprint density at radius 3 is 1.78 bits per heavy atom. The Morgan fingerprint density at radius 2 is 1.26 bits per heavy atom. The lowest BCUT2D eigenvalue weighted by molar-refractivity contribution is 0.235. The van der Waals surface area contributed by atoms with E-state index in [1.807, 2.05) is 60.7 Å². The molecule has 3 rings (SSSR count). The smallest absolute Gasteiger partial charge is 0.200 e. The van der Waals surface area contributed by atoms with Crippen molar-refractivity contribution in [1.29, 1.82) is 0 Å². The van der Waals surface area contributed by atoms with Crippen LogP contribution in [-0.4, -0.2) is 6.54 Å². The highest BCUT2D eigenvalue weighted by molar-refractivity contribution is 5.46. The molecular weight excluding hydrogens is 348 g/mol. The Morgan fingerprint density at radius 1 is 0.741 bits per heavy atom. The van der Waals surface area contributed by atoms with Crippen LogP contribution >= 0.6 is 0 Å². The quantitative estimate of drug-likeness (QED) is 0.630. The van der Waals surface area contributed by atoms with E-state index in [2.05, 4.69) is 0 Å². The van der Waals surface area contributed by atoms with Gasteiger partial charge in [0.2, 0.25) is 11.5 Å². The van der Waals surface area contributed by atoms with Crippen molar-refractivity contribution in [2.24, 2.45) is 5.73 Å². The molecule has 0 unspecified atom stereocenters. The van der Waals surface area contributed by atoms with Gasteiger partial charge in [-0.3, -0.25) is 0 Å². The summed E-state index contributed by atoms with van der Waals surface area (Å²) >= 11 is 0. The second kappa shape index (κ2) is 9.14. The Hall–Kier alpha value is -2.92. The maximum atomic E-state index is 14.9. The maximum absolute atomic E-state index is 14.9. The molecule has 0 saturated heterocycles. The molecule has 0 aliphatic heterocycles. The Labute approximate surface area is 157 Å². The van der Waals surface area contributed by atoms with E-state index in [9.17, 15) is 8.78 Å². The van der Waals surface area contributed by atoms with E-state index in [0.717, 1.165) is 17.2 Å². The summed E-state index contributed by atoms with van der Waals surface area (Å²) in [7, 11) is 0. The van der Waals surface area contributed by atoms with Crippen molar-refractivity contribution in [3.8, 4) is 11.5 Å². The van der Waals surface area contributed by atoms with E-state index in [0.29, 0.717) is 0 Å². The third-order valence-electron chi connectivity index (χ3n) is 4.07. The van der Waals surface area contributed by atoms with Crippen LogP contribution in [0.2, 0.25) is 0 Å². The highest BCUT2D eigenvalue weighted by atomic mass is 19.1. The first-order valence-electron chi connectivity index (χ1n) is 8.73. The molecule has 0 radical (unpaired) electrons. The standard InChI is InChI=1S/C22H21F2NO2/c23-19-13-18(11-12-25)20(24)22(27-15-17-9-5-2-6-10-17)21(19)26-14-16-7-3-1-4-8-16/h1-10,13H,11-12,14-15,25H2. The van der Waals surface area contributed by atoms with Crippen molar-refractivity contribution in [3.05, 3.63) is 95.1 Å². The zero-order chi connectivity index (χ0) is 19.1. The molecule has 27 heavy (non-hydrogen) atoms. The summed E-state index contributed by atoms with van der Waals surface area (Å²) in [6, 6.07) is 19.7. The largest absolute Gasteiger partial charge is 0.482 e. The summed E-state index contributed by atoms with van der Waals surface area (Å²) in [5.41, 5.74) is 7.37. The zero-order valence-corrected chi connectivity index (χ0v) is 14.8. The van der Waals surface area contributed by atoms with Crippen molar-refractivity contribution < 1.29 is 18.3 Å². The van der Waals surface area contributed by atoms with Gasteiger partial charge in [-0.15, -0.1) is 0 Å². The summed E-state index contributed by atoms with van der Waals surface area (Å²) in [6.45, 7) is 0.415. The first kappa shape index (κ1) is 18.9. The lowest BCUT2D eigenvalue weighted by Crippen LogP contribution is -2.09. The van der Waals surface area contributed by atoms with Crippen molar-refractivity contribution in [1.82, 2.24) is 0 Å². The van der Waals surface area contributed by atoms with E-state index in [-0.39, 0.29) is 43.2 Å². The molecule has 0 amide bonds. The zero-order valence-electron chi connectivity index (χ0n) is 14.8. The number of ether oxygens (including phenoxy) is 2. The maximum Gasteiger partial charge on any atom is 0.200 e. The molecule has 0 aromatic heterocycles. The lowest BCUT2D eigenvalue weighted by Gasteiger charge is -2.17. The van der Waals surface area contributed by atoms with Crippen LogP contribution in [0.5, 0.6) is 11.5 Å². The molecule has 0 aliphatic carbocycles. The Balaban J connectivity index is 1.88. The molecule has 3 aromatic rings. The molecule has 0 fully saturated rings. The fourth-order valence-electron chi connectivity index (χ4n) is 2.70. The van der Waals surface area contributed by atoms with Crippen LogP contribution in [0.1, 0.15) is 16.7 Å². The Bertz CT molecular complexity index is 870. The van der Waals surface area contributed by atoms with Gasteiger partial charge in [0.1, 0.15) is 13.2 Å². The van der Waals surface area contributed by atoms with Crippen LogP contribution in [-0.2, 0) is 19.6 Å². The third kappa shape index (κ3) is 4.83. The predicted octanol–water partition coefficient (Wildman–Crippen LogP) is 4.62. The van der Waals surface area contributed by atoms with Gasteiger partial charge in [0.15, 0.2) is 11.6 Å². The van der Waals surface area contributed by atoms with Gasteiger partial charge in [-0.1, -0.05) is 60.7 Å². The van der Waals surface area contributed by atoms with Gasteiger partial charge in [-0.05, 0) is 35.7 Å². The van der Waals surface area contributed by atoms with Gasteiger partial charge < -0.3 is 15.2 Å². The highest BCUT2D eigenvalue weighted by Crippen LogP contribution is 2.37. The van der Waals surface area contributed by atoms with Gasteiger partial charge in [-0.2, -0.15) is 0 Å². The second-order valence-electron chi connectivity index (χ2n) is 6.08. The number of rotatable bonds is 8. The minimum atomic E-state index is -0.668. The minimum Gasteiger partial charge on any atom is -0.482 e. The normalized spacial score (nSPS) is 10.6. The average molecular weight is 369 g/mol. The molecule has 0 saturated carbocycles. The van der Waals surface area contributed by atoms with E-state index >= 15 is 0 Å². The molecule has 0 spiro atoms. The van der Waals surface area contributed by atoms with Crippen LogP contribution in [0.15, 0.2) is 66.7 Å². The third-order valence-corrected chi connectivity index (χ3v) is 4.07. The molecular formula is C22H21F2NO2. The SMILES string of the molecule is NCCc1cc(F)c(OCc2ccccc2)c(OCc2ccccc2)c1F. The molecule has 5 heteroatoms. The van der Waals surface area contributed by atoms with E-state index in [1.165, 1.54) is 0 Å². The highest BCUT2D eigenvalue weighted by Gasteiger charge is 2.21. The van der Waals surface area contributed by atoms with Crippen LogP contribution in [0.3, 0.4) is 0 Å². The van der Waals surface area contributed by atoms with Gasteiger partial charge in [0.05, 0.1) is 0 Å². The molecule has 3 nitrogen and oxygen atoms in total. The molecule has 0 heterocycles. The van der Waals surface area contributed by atoms with Crippen LogP contribution in [0.4, 0.5) is 8.78 Å². The minimum absolute atomic E-state index is 0.102. The van der Waals surface area contributed by atoms with Gasteiger partial charge in [-0.25, -0.2) is 8.78 Å². The first-order chi connectivity index (χ1) is 13.2. The summed E-state index contributed by atoms with van der Waals surface area (Å²) < 4.78 is 40.7. The molecule has 2 N–H and O–H groups in total. The van der Waals surface area contributed by atoms with Gasteiger partial charge >= 0.3 is 0 Å². The van der Waals surface area contributed by atoms with E-state index in [4.69, 9.17) is 15.2 Å². The summed E-state index contributed by atoms with van der Waals surface area (Å²) in [5, 5.41) is 0. The Kier molecular flexibility index (Phi) is 6.39. The first-order valence-corrected chi connectivity index (χ1v) is 8.73. The average Bonchev–Trinajstić information content (AvgIpc) is 2.70. The molecule has 0 bridgehead atoms. The molecule has 3 aromatic carbocycles. The van der Waals surface area contributed by atoms with E-state index < -0.39 is 11.6 Å². The van der Waals surface area contributed by atoms with Crippen LogP contribution in [0, 0.1) is 11.6 Å².